The normalized spacial score (nSPS) is 20.5. The van der Waals surface area contributed by atoms with Gasteiger partial charge in [0.05, 0.1) is 6.42 Å². The quantitative estimate of drug-likeness (QED) is 0.872. The molecule has 0 unspecified atom stereocenters. The highest BCUT2D eigenvalue weighted by Crippen LogP contribution is 2.40. The van der Waals surface area contributed by atoms with Gasteiger partial charge in [-0.1, -0.05) is 41.9 Å². The molecule has 1 aliphatic rings. The van der Waals surface area contributed by atoms with E-state index in [9.17, 15) is 23.1 Å². The Bertz CT molecular complexity index is 822. The summed E-state index contributed by atoms with van der Waals surface area (Å²) >= 11 is 5.76. The second-order valence-electron chi connectivity index (χ2n) is 5.53. The van der Waals surface area contributed by atoms with Gasteiger partial charge >= 0.3 is 6.18 Å². The van der Waals surface area contributed by atoms with Crippen LogP contribution in [-0.4, -0.2) is 27.9 Å². The molecule has 1 atom stereocenters. The Labute approximate surface area is 146 Å². The topological polar surface area (TPSA) is 52.9 Å². The molecule has 0 spiro atoms. The molecule has 130 valence electrons. The number of hydrogen-bond donors (Lipinski definition) is 1. The van der Waals surface area contributed by atoms with Gasteiger partial charge in [-0.15, -0.1) is 0 Å². The van der Waals surface area contributed by atoms with Crippen molar-refractivity contribution >= 4 is 23.2 Å². The predicted molar refractivity (Wildman–Crippen MR) is 86.1 cm³/mol. The number of nitrogens with zero attached hydrogens (tertiary/aromatic N) is 2. The average molecular weight is 369 g/mol. The molecule has 4 nitrogen and oxygen atoms in total. The number of hydrazone groups is 1. The molecule has 1 amide bonds. The van der Waals surface area contributed by atoms with Crippen LogP contribution in [0.3, 0.4) is 0 Å². The van der Waals surface area contributed by atoms with Crippen LogP contribution in [0.4, 0.5) is 13.2 Å². The van der Waals surface area contributed by atoms with Gasteiger partial charge in [-0.3, -0.25) is 4.79 Å². The van der Waals surface area contributed by atoms with Crippen molar-refractivity contribution in [2.24, 2.45) is 5.10 Å². The zero-order valence-corrected chi connectivity index (χ0v) is 13.4. The van der Waals surface area contributed by atoms with Gasteiger partial charge in [0.2, 0.25) is 0 Å². The number of amides is 1. The maximum Gasteiger partial charge on any atom is 0.431 e. The highest BCUT2D eigenvalue weighted by atomic mass is 35.5. The van der Waals surface area contributed by atoms with Gasteiger partial charge in [0, 0.05) is 16.1 Å². The minimum Gasteiger partial charge on any atom is -0.365 e. The van der Waals surface area contributed by atoms with Crippen molar-refractivity contribution < 1.29 is 23.1 Å². The van der Waals surface area contributed by atoms with Gasteiger partial charge in [0.25, 0.3) is 5.91 Å². The number of rotatable bonds is 2. The van der Waals surface area contributed by atoms with Gasteiger partial charge in [-0.25, -0.2) is 0 Å². The van der Waals surface area contributed by atoms with E-state index in [1.165, 1.54) is 36.4 Å². The highest BCUT2D eigenvalue weighted by Gasteiger charge is 2.53. The van der Waals surface area contributed by atoms with Gasteiger partial charge in [0.1, 0.15) is 5.71 Å². The molecule has 0 aromatic heterocycles. The smallest absolute Gasteiger partial charge is 0.365 e. The van der Waals surface area contributed by atoms with Gasteiger partial charge in [-0.2, -0.15) is 23.3 Å². The summed E-state index contributed by atoms with van der Waals surface area (Å²) in [7, 11) is 0. The fourth-order valence-electron chi connectivity index (χ4n) is 2.56. The lowest BCUT2D eigenvalue weighted by molar-refractivity contribution is -0.0816. The summed E-state index contributed by atoms with van der Waals surface area (Å²) in [4.78, 5) is 12.7. The molecule has 25 heavy (non-hydrogen) atoms. The molecule has 3 rings (SSSR count). The second kappa shape index (κ2) is 6.16. The maximum absolute atomic E-state index is 13.1. The summed E-state index contributed by atoms with van der Waals surface area (Å²) in [5.41, 5.74) is -3.24. The van der Waals surface area contributed by atoms with Crippen LogP contribution in [0.2, 0.25) is 5.02 Å². The molecule has 1 heterocycles. The van der Waals surface area contributed by atoms with E-state index in [0.29, 0.717) is 10.0 Å². The molecule has 0 bridgehead atoms. The van der Waals surface area contributed by atoms with Crippen LogP contribution in [0, 0.1) is 0 Å². The first-order valence-corrected chi connectivity index (χ1v) is 7.62. The highest BCUT2D eigenvalue weighted by molar-refractivity contribution is 6.30. The van der Waals surface area contributed by atoms with E-state index in [4.69, 9.17) is 11.6 Å². The molecule has 2 aromatic carbocycles. The van der Waals surface area contributed by atoms with E-state index in [-0.39, 0.29) is 11.1 Å². The van der Waals surface area contributed by atoms with Crippen LogP contribution in [0.15, 0.2) is 59.7 Å². The number of alkyl halides is 3. The minimum atomic E-state index is -4.75. The molecular weight excluding hydrogens is 357 g/mol. The van der Waals surface area contributed by atoms with E-state index >= 15 is 0 Å². The Hall–Kier alpha value is -2.38. The van der Waals surface area contributed by atoms with Crippen LogP contribution >= 0.6 is 11.6 Å². The fraction of sp³-hybridized carbons (Fsp3) is 0.176. The van der Waals surface area contributed by atoms with Crippen molar-refractivity contribution in [1.29, 1.82) is 0 Å². The van der Waals surface area contributed by atoms with Crippen molar-refractivity contribution in [3.8, 4) is 0 Å². The zero-order valence-electron chi connectivity index (χ0n) is 12.7. The molecule has 0 saturated carbocycles. The number of halogens is 4. The van der Waals surface area contributed by atoms with Gasteiger partial charge < -0.3 is 5.11 Å². The molecule has 0 aliphatic carbocycles. The summed E-state index contributed by atoms with van der Waals surface area (Å²) in [6.07, 6.45) is -5.60. The first-order chi connectivity index (χ1) is 11.7. The molecule has 1 N–H and O–H groups in total. The van der Waals surface area contributed by atoms with E-state index in [2.05, 4.69) is 5.10 Å². The van der Waals surface area contributed by atoms with E-state index in [1.807, 2.05) is 0 Å². The molecule has 8 heteroatoms. The van der Waals surface area contributed by atoms with Gasteiger partial charge in [-0.05, 0) is 24.3 Å². The number of aliphatic hydroxyl groups is 1. The second-order valence-corrected chi connectivity index (χ2v) is 5.96. The largest absolute Gasteiger partial charge is 0.431 e. The summed E-state index contributed by atoms with van der Waals surface area (Å²) in [5, 5.41) is 15.1. The Morgan fingerprint density at radius 3 is 2.28 bits per heavy atom. The lowest BCUT2D eigenvalue weighted by Crippen LogP contribution is -2.43. The number of hydrogen-bond acceptors (Lipinski definition) is 3. The van der Waals surface area contributed by atoms with Crippen LogP contribution in [0.5, 0.6) is 0 Å². The number of carbonyl (C=O) groups is 1. The first kappa shape index (κ1) is 17.4. The van der Waals surface area contributed by atoms with E-state index < -0.39 is 29.9 Å². The van der Waals surface area contributed by atoms with Crippen molar-refractivity contribution in [3.63, 3.8) is 0 Å². The summed E-state index contributed by atoms with van der Waals surface area (Å²) < 4.78 is 39.3. The Morgan fingerprint density at radius 1 is 1.12 bits per heavy atom. The SMILES string of the molecule is O=C(c1ccc(Cl)cc1)N1N=C(C(F)(F)F)C[C@@]1(O)c1ccccc1. The van der Waals surface area contributed by atoms with Crippen LogP contribution in [-0.2, 0) is 5.72 Å². The molecule has 0 saturated heterocycles. The molecule has 2 aromatic rings. The van der Waals surface area contributed by atoms with Crippen LogP contribution < -0.4 is 0 Å². The molecule has 0 radical (unpaired) electrons. The minimum absolute atomic E-state index is 0.0610. The Morgan fingerprint density at radius 2 is 1.72 bits per heavy atom. The van der Waals surface area contributed by atoms with Crippen molar-refractivity contribution in [2.45, 2.75) is 18.3 Å². The van der Waals surface area contributed by atoms with Crippen LogP contribution in [0.25, 0.3) is 0 Å². The molecule has 0 fully saturated rings. The monoisotopic (exact) mass is 368 g/mol. The predicted octanol–water partition coefficient (Wildman–Crippen LogP) is 3.95. The number of benzene rings is 2. The maximum atomic E-state index is 13.1. The lowest BCUT2D eigenvalue weighted by Gasteiger charge is -2.31. The Balaban J connectivity index is 2.06. The first-order valence-electron chi connectivity index (χ1n) is 7.24. The summed E-state index contributed by atoms with van der Waals surface area (Å²) in [6, 6.07) is 13.2. The lowest BCUT2D eigenvalue weighted by atomic mass is 9.96. The summed E-state index contributed by atoms with van der Waals surface area (Å²) in [5.74, 6) is -0.859. The van der Waals surface area contributed by atoms with Crippen molar-refractivity contribution in [3.05, 3.63) is 70.7 Å². The average Bonchev–Trinajstić information content (AvgIpc) is 2.95. The number of carbonyl (C=O) groups excluding carboxylic acids is 1. The molecule has 1 aliphatic heterocycles. The third kappa shape index (κ3) is 3.25. The van der Waals surface area contributed by atoms with Gasteiger partial charge in [0.15, 0.2) is 5.72 Å². The van der Waals surface area contributed by atoms with Crippen molar-refractivity contribution in [1.82, 2.24) is 5.01 Å². The Kier molecular flexibility index (Phi) is 4.30. The zero-order chi connectivity index (χ0) is 18.2. The van der Waals surface area contributed by atoms with Crippen LogP contribution in [0.1, 0.15) is 22.3 Å². The van der Waals surface area contributed by atoms with E-state index in [0.717, 1.165) is 0 Å². The summed E-state index contributed by atoms with van der Waals surface area (Å²) in [6.45, 7) is 0. The fourth-order valence-corrected chi connectivity index (χ4v) is 2.69. The molecular formula is C17H12ClF3N2O2. The standard InChI is InChI=1S/C17H12ClF3N2O2/c18-13-8-6-11(7-9-13)15(24)23-16(25,12-4-2-1-3-5-12)10-14(22-23)17(19,20)21/h1-9,25H,10H2/t16-/m1/s1. The van der Waals surface area contributed by atoms with Crippen molar-refractivity contribution in [2.75, 3.05) is 0 Å². The third-order valence-electron chi connectivity index (χ3n) is 3.83. The van der Waals surface area contributed by atoms with E-state index in [1.54, 1.807) is 18.2 Å². The third-order valence-corrected chi connectivity index (χ3v) is 4.08.